The minimum absolute atomic E-state index is 0.174. The van der Waals surface area contributed by atoms with E-state index in [9.17, 15) is 0 Å². The number of nitrogens with zero attached hydrogens (tertiary/aromatic N) is 1. The van der Waals surface area contributed by atoms with E-state index >= 15 is 0 Å². The molecular formula is C16H28N2S. The predicted molar refractivity (Wildman–Crippen MR) is 83.7 cm³/mol. The molecule has 1 atom stereocenters. The van der Waals surface area contributed by atoms with Gasteiger partial charge in [0.1, 0.15) is 0 Å². The lowest BCUT2D eigenvalue weighted by Crippen LogP contribution is -2.43. The summed E-state index contributed by atoms with van der Waals surface area (Å²) in [6.45, 7) is 12.5. The Bertz CT molecular complexity index is 415. The quantitative estimate of drug-likeness (QED) is 0.882. The van der Waals surface area contributed by atoms with Gasteiger partial charge in [-0.25, -0.2) is 4.98 Å². The topological polar surface area (TPSA) is 24.9 Å². The maximum atomic E-state index is 4.57. The van der Waals surface area contributed by atoms with Gasteiger partial charge in [-0.3, -0.25) is 0 Å². The molecule has 0 aromatic carbocycles. The molecule has 0 spiro atoms. The van der Waals surface area contributed by atoms with Gasteiger partial charge in [0.15, 0.2) is 0 Å². The first kappa shape index (κ1) is 15.0. The van der Waals surface area contributed by atoms with Crippen LogP contribution >= 0.6 is 11.3 Å². The fraction of sp³-hybridized carbons (Fsp3) is 0.812. The SMILES string of the molecule is CC(C)(C)c1ncc(CNC2CCCCC2(C)C)s1. The second-order valence-corrected chi connectivity index (χ2v) is 8.66. The Morgan fingerprint density at radius 1 is 1.37 bits per heavy atom. The van der Waals surface area contributed by atoms with Crippen LogP contribution in [0.4, 0.5) is 0 Å². The van der Waals surface area contributed by atoms with Crippen molar-refractivity contribution in [2.75, 3.05) is 0 Å². The van der Waals surface area contributed by atoms with Crippen LogP contribution in [0.5, 0.6) is 0 Å². The van der Waals surface area contributed by atoms with E-state index in [0.717, 1.165) is 6.54 Å². The number of hydrogen-bond donors (Lipinski definition) is 1. The van der Waals surface area contributed by atoms with Gasteiger partial charge in [-0.15, -0.1) is 11.3 Å². The largest absolute Gasteiger partial charge is 0.309 e. The van der Waals surface area contributed by atoms with E-state index in [0.29, 0.717) is 11.5 Å². The smallest absolute Gasteiger partial charge is 0.0981 e. The Balaban J connectivity index is 1.93. The summed E-state index contributed by atoms with van der Waals surface area (Å²) in [5, 5.41) is 5.01. The van der Waals surface area contributed by atoms with Crippen molar-refractivity contribution in [3.8, 4) is 0 Å². The molecule has 1 aliphatic rings. The predicted octanol–water partition coefficient (Wildman–Crippen LogP) is 4.50. The van der Waals surface area contributed by atoms with Gasteiger partial charge >= 0.3 is 0 Å². The highest BCUT2D eigenvalue weighted by Crippen LogP contribution is 2.35. The Hall–Kier alpha value is -0.410. The third-order valence-electron chi connectivity index (χ3n) is 4.23. The summed E-state index contributed by atoms with van der Waals surface area (Å²) in [5.74, 6) is 0. The maximum Gasteiger partial charge on any atom is 0.0981 e. The molecule has 0 saturated heterocycles. The fourth-order valence-electron chi connectivity index (χ4n) is 2.83. The van der Waals surface area contributed by atoms with Crippen LogP contribution in [0.2, 0.25) is 0 Å². The summed E-state index contributed by atoms with van der Waals surface area (Å²) in [4.78, 5) is 5.93. The molecule has 1 aromatic heterocycles. The van der Waals surface area contributed by atoms with E-state index in [4.69, 9.17) is 0 Å². The lowest BCUT2D eigenvalue weighted by Gasteiger charge is -2.39. The van der Waals surface area contributed by atoms with E-state index in [1.165, 1.54) is 35.6 Å². The van der Waals surface area contributed by atoms with Gasteiger partial charge in [-0.2, -0.15) is 0 Å². The zero-order chi connectivity index (χ0) is 14.1. The molecule has 1 aliphatic carbocycles. The standard InChI is InChI=1S/C16H28N2S/c1-15(2,3)14-18-11-12(19-14)10-17-13-8-6-7-9-16(13,4)5/h11,13,17H,6-10H2,1-5H3. The van der Waals surface area contributed by atoms with E-state index in [2.05, 4.69) is 44.9 Å². The van der Waals surface area contributed by atoms with Crippen LogP contribution in [0, 0.1) is 5.41 Å². The molecule has 0 radical (unpaired) electrons. The zero-order valence-electron chi connectivity index (χ0n) is 13.0. The van der Waals surface area contributed by atoms with Gasteiger partial charge in [0.2, 0.25) is 0 Å². The number of rotatable bonds is 3. The summed E-state index contributed by atoms with van der Waals surface area (Å²) >= 11 is 1.85. The lowest BCUT2D eigenvalue weighted by atomic mass is 9.73. The van der Waals surface area contributed by atoms with Crippen molar-refractivity contribution in [3.63, 3.8) is 0 Å². The van der Waals surface area contributed by atoms with Crippen molar-refractivity contribution in [1.82, 2.24) is 10.3 Å². The second kappa shape index (κ2) is 5.53. The number of thiazole rings is 1. The Morgan fingerprint density at radius 3 is 2.68 bits per heavy atom. The molecule has 0 amide bonds. The van der Waals surface area contributed by atoms with Crippen molar-refractivity contribution in [3.05, 3.63) is 16.1 Å². The average Bonchev–Trinajstić information content (AvgIpc) is 2.75. The van der Waals surface area contributed by atoms with Crippen LogP contribution in [-0.2, 0) is 12.0 Å². The summed E-state index contributed by atoms with van der Waals surface area (Å²) in [5.41, 5.74) is 0.614. The molecule has 1 aromatic rings. The molecule has 0 aliphatic heterocycles. The fourth-order valence-corrected chi connectivity index (χ4v) is 3.75. The molecule has 1 N–H and O–H groups in total. The van der Waals surface area contributed by atoms with E-state index in [1.807, 2.05) is 17.5 Å². The Morgan fingerprint density at radius 2 is 2.11 bits per heavy atom. The molecule has 2 rings (SSSR count). The van der Waals surface area contributed by atoms with Crippen LogP contribution in [-0.4, -0.2) is 11.0 Å². The molecule has 19 heavy (non-hydrogen) atoms. The summed E-state index contributed by atoms with van der Waals surface area (Å²) in [6, 6.07) is 0.654. The first-order valence-corrected chi connectivity index (χ1v) is 8.29. The molecule has 1 fully saturated rings. The molecule has 1 unspecified atom stereocenters. The second-order valence-electron chi connectivity index (χ2n) is 7.55. The van der Waals surface area contributed by atoms with Gasteiger partial charge in [-0.1, -0.05) is 47.5 Å². The maximum absolute atomic E-state index is 4.57. The van der Waals surface area contributed by atoms with Gasteiger partial charge in [0, 0.05) is 29.1 Å². The van der Waals surface area contributed by atoms with Crippen LogP contribution in [0.3, 0.4) is 0 Å². The van der Waals surface area contributed by atoms with Crippen LogP contribution < -0.4 is 5.32 Å². The number of hydrogen-bond acceptors (Lipinski definition) is 3. The highest BCUT2D eigenvalue weighted by molar-refractivity contribution is 7.11. The molecule has 108 valence electrons. The zero-order valence-corrected chi connectivity index (χ0v) is 13.9. The Labute approximate surface area is 122 Å². The van der Waals surface area contributed by atoms with Crippen molar-refractivity contribution in [2.24, 2.45) is 5.41 Å². The van der Waals surface area contributed by atoms with Gasteiger partial charge in [0.05, 0.1) is 5.01 Å². The first-order valence-electron chi connectivity index (χ1n) is 7.47. The first-order chi connectivity index (χ1) is 8.79. The monoisotopic (exact) mass is 280 g/mol. The van der Waals surface area contributed by atoms with E-state index in [1.54, 1.807) is 0 Å². The summed E-state index contributed by atoms with van der Waals surface area (Å²) in [6.07, 6.45) is 7.48. The third kappa shape index (κ3) is 3.79. The molecular weight excluding hydrogens is 252 g/mol. The van der Waals surface area contributed by atoms with Crippen LogP contribution in [0.1, 0.15) is 70.2 Å². The molecule has 1 heterocycles. The minimum atomic E-state index is 0.174. The van der Waals surface area contributed by atoms with E-state index < -0.39 is 0 Å². The molecule has 3 heteroatoms. The van der Waals surface area contributed by atoms with Gasteiger partial charge in [-0.05, 0) is 18.3 Å². The summed E-state index contributed by atoms with van der Waals surface area (Å²) < 4.78 is 0. The minimum Gasteiger partial charge on any atom is -0.309 e. The highest BCUT2D eigenvalue weighted by Gasteiger charge is 2.31. The lowest BCUT2D eigenvalue weighted by molar-refractivity contribution is 0.167. The van der Waals surface area contributed by atoms with Crippen molar-refractivity contribution in [1.29, 1.82) is 0 Å². The van der Waals surface area contributed by atoms with E-state index in [-0.39, 0.29) is 5.41 Å². The average molecular weight is 280 g/mol. The molecule has 0 bridgehead atoms. The molecule has 2 nitrogen and oxygen atoms in total. The summed E-state index contributed by atoms with van der Waals surface area (Å²) in [7, 11) is 0. The Kier molecular flexibility index (Phi) is 4.36. The van der Waals surface area contributed by atoms with Crippen molar-refractivity contribution in [2.45, 2.75) is 78.3 Å². The highest BCUT2D eigenvalue weighted by atomic mass is 32.1. The molecule has 1 saturated carbocycles. The van der Waals surface area contributed by atoms with Crippen molar-refractivity contribution < 1.29 is 0 Å². The van der Waals surface area contributed by atoms with Crippen LogP contribution in [0.25, 0.3) is 0 Å². The van der Waals surface area contributed by atoms with Crippen molar-refractivity contribution >= 4 is 11.3 Å². The third-order valence-corrected chi connectivity index (χ3v) is 5.65. The number of aromatic nitrogens is 1. The normalized spacial score (nSPS) is 23.5. The van der Waals surface area contributed by atoms with Gasteiger partial charge < -0.3 is 5.32 Å². The van der Waals surface area contributed by atoms with Crippen LogP contribution in [0.15, 0.2) is 6.20 Å². The number of nitrogens with one attached hydrogen (secondary N) is 1. The van der Waals surface area contributed by atoms with Gasteiger partial charge in [0.25, 0.3) is 0 Å².